The first-order valence-electron chi connectivity index (χ1n) is 9.55. The Morgan fingerprint density at radius 2 is 2.07 bits per heavy atom. The standard InChI is InChI=1S/C21H25N3O2S2/c1-3-4-8-11-22-19(25)14(2)27-13-17-23-20(26)18-16(12-28-21(18)24-17)15-9-6-5-7-10-15/h5-7,9-10,12,14H,3-4,8,11,13H2,1-2H3,(H,22,25)(H,23,24,26). The molecule has 0 saturated carbocycles. The molecular formula is C21H25N3O2S2. The van der Waals surface area contributed by atoms with Gasteiger partial charge in [-0.25, -0.2) is 4.98 Å². The molecule has 3 aromatic rings. The third kappa shape index (κ3) is 5.02. The third-order valence-corrected chi connectivity index (χ3v) is 6.52. The van der Waals surface area contributed by atoms with Crippen LogP contribution in [0.25, 0.3) is 21.3 Å². The molecule has 0 aliphatic carbocycles. The molecule has 7 heteroatoms. The van der Waals surface area contributed by atoms with E-state index in [9.17, 15) is 9.59 Å². The van der Waals surface area contributed by atoms with Crippen LogP contribution in [0.3, 0.4) is 0 Å². The topological polar surface area (TPSA) is 74.8 Å². The van der Waals surface area contributed by atoms with Crippen molar-refractivity contribution in [1.29, 1.82) is 0 Å². The zero-order chi connectivity index (χ0) is 19.9. The molecule has 0 bridgehead atoms. The Morgan fingerprint density at radius 1 is 1.29 bits per heavy atom. The van der Waals surface area contributed by atoms with Crippen LogP contribution in [0.5, 0.6) is 0 Å². The van der Waals surface area contributed by atoms with Gasteiger partial charge in [0.15, 0.2) is 0 Å². The highest BCUT2D eigenvalue weighted by Gasteiger charge is 2.16. The van der Waals surface area contributed by atoms with E-state index in [1.807, 2.05) is 42.6 Å². The number of thioether (sulfide) groups is 1. The largest absolute Gasteiger partial charge is 0.355 e. The number of nitrogens with zero attached hydrogens (tertiary/aromatic N) is 1. The van der Waals surface area contributed by atoms with Crippen molar-refractivity contribution in [2.75, 3.05) is 6.54 Å². The third-order valence-electron chi connectivity index (χ3n) is 4.50. The zero-order valence-electron chi connectivity index (χ0n) is 16.2. The van der Waals surface area contributed by atoms with Crippen LogP contribution in [-0.2, 0) is 10.5 Å². The van der Waals surface area contributed by atoms with Crippen molar-refractivity contribution >= 4 is 39.2 Å². The van der Waals surface area contributed by atoms with E-state index in [0.717, 1.165) is 41.8 Å². The molecule has 0 fully saturated rings. The second-order valence-corrected chi connectivity index (χ2v) is 8.85. The average Bonchev–Trinajstić information content (AvgIpc) is 3.14. The molecule has 0 saturated heterocycles. The molecule has 1 amide bonds. The number of benzene rings is 1. The van der Waals surface area contributed by atoms with Crippen LogP contribution in [0.15, 0.2) is 40.5 Å². The quantitative estimate of drug-likeness (QED) is 0.502. The summed E-state index contributed by atoms with van der Waals surface area (Å²) < 4.78 is 0. The molecule has 1 atom stereocenters. The first kappa shape index (κ1) is 20.6. The fraction of sp³-hybridized carbons (Fsp3) is 0.381. The monoisotopic (exact) mass is 415 g/mol. The van der Waals surface area contributed by atoms with Gasteiger partial charge in [0.25, 0.3) is 5.56 Å². The minimum Gasteiger partial charge on any atom is -0.355 e. The van der Waals surface area contributed by atoms with Gasteiger partial charge in [-0.05, 0) is 18.9 Å². The molecule has 0 aliphatic rings. The second kappa shape index (κ2) is 9.89. The van der Waals surface area contributed by atoms with Crippen molar-refractivity contribution in [3.05, 3.63) is 51.9 Å². The van der Waals surface area contributed by atoms with E-state index < -0.39 is 0 Å². The summed E-state index contributed by atoms with van der Waals surface area (Å²) in [5, 5.41) is 5.39. The molecule has 0 spiro atoms. The number of rotatable bonds is 9. The Labute approximate surface area is 173 Å². The highest BCUT2D eigenvalue weighted by Crippen LogP contribution is 2.30. The number of unbranched alkanes of at least 4 members (excludes halogenated alkanes) is 2. The van der Waals surface area contributed by atoms with Gasteiger partial charge in [0.05, 0.1) is 16.4 Å². The zero-order valence-corrected chi connectivity index (χ0v) is 17.8. The molecule has 148 valence electrons. The van der Waals surface area contributed by atoms with Crippen molar-refractivity contribution in [3.8, 4) is 11.1 Å². The summed E-state index contributed by atoms with van der Waals surface area (Å²) in [5.74, 6) is 1.13. The van der Waals surface area contributed by atoms with Gasteiger partial charge < -0.3 is 10.3 Å². The SMILES string of the molecule is CCCCCNC(=O)C(C)SCc1nc2scc(-c3ccccc3)c2c(=O)[nH]1. The van der Waals surface area contributed by atoms with Crippen LogP contribution >= 0.6 is 23.1 Å². The van der Waals surface area contributed by atoms with E-state index in [1.165, 1.54) is 23.1 Å². The van der Waals surface area contributed by atoms with Crippen LogP contribution in [0.2, 0.25) is 0 Å². The first-order chi connectivity index (χ1) is 13.6. The summed E-state index contributed by atoms with van der Waals surface area (Å²) in [4.78, 5) is 33.0. The van der Waals surface area contributed by atoms with E-state index in [4.69, 9.17) is 0 Å². The van der Waals surface area contributed by atoms with E-state index >= 15 is 0 Å². The predicted molar refractivity (Wildman–Crippen MR) is 119 cm³/mol. The summed E-state index contributed by atoms with van der Waals surface area (Å²) in [6.07, 6.45) is 3.27. The summed E-state index contributed by atoms with van der Waals surface area (Å²) in [6.45, 7) is 4.74. The van der Waals surface area contributed by atoms with Crippen LogP contribution in [0.4, 0.5) is 0 Å². The van der Waals surface area contributed by atoms with Crippen molar-refractivity contribution < 1.29 is 4.79 Å². The molecule has 28 heavy (non-hydrogen) atoms. The fourth-order valence-electron chi connectivity index (χ4n) is 2.90. The summed E-state index contributed by atoms with van der Waals surface area (Å²) in [6, 6.07) is 9.86. The molecule has 0 radical (unpaired) electrons. The minimum atomic E-state index is -0.189. The normalized spacial score (nSPS) is 12.2. The molecular weight excluding hydrogens is 390 g/mol. The maximum absolute atomic E-state index is 12.7. The maximum atomic E-state index is 12.7. The molecule has 5 nitrogen and oxygen atoms in total. The van der Waals surface area contributed by atoms with E-state index in [2.05, 4.69) is 22.2 Å². The minimum absolute atomic E-state index is 0.0343. The Morgan fingerprint density at radius 3 is 2.82 bits per heavy atom. The lowest BCUT2D eigenvalue weighted by atomic mass is 10.1. The van der Waals surface area contributed by atoms with Crippen LogP contribution in [0.1, 0.15) is 38.9 Å². The van der Waals surface area contributed by atoms with Gasteiger partial charge in [-0.1, -0.05) is 50.1 Å². The summed E-state index contributed by atoms with van der Waals surface area (Å²) in [7, 11) is 0. The number of carbonyl (C=O) groups is 1. The van der Waals surface area contributed by atoms with Gasteiger partial charge in [-0.3, -0.25) is 9.59 Å². The molecule has 1 aromatic carbocycles. The van der Waals surface area contributed by atoms with Crippen molar-refractivity contribution in [2.45, 2.75) is 44.1 Å². The van der Waals surface area contributed by atoms with Crippen LogP contribution < -0.4 is 10.9 Å². The maximum Gasteiger partial charge on any atom is 0.260 e. The lowest BCUT2D eigenvalue weighted by molar-refractivity contribution is -0.120. The Balaban J connectivity index is 1.67. The Kier molecular flexibility index (Phi) is 7.28. The predicted octanol–water partition coefficient (Wildman–Crippen LogP) is 4.58. The second-order valence-electron chi connectivity index (χ2n) is 6.66. The lowest BCUT2D eigenvalue weighted by Gasteiger charge is -2.11. The fourth-order valence-corrected chi connectivity index (χ4v) is 4.65. The number of fused-ring (bicyclic) bond motifs is 1. The Bertz CT molecular complexity index is 982. The van der Waals surface area contributed by atoms with Crippen molar-refractivity contribution in [2.24, 2.45) is 0 Å². The van der Waals surface area contributed by atoms with Gasteiger partial charge in [0.2, 0.25) is 5.91 Å². The number of H-pyrrole nitrogens is 1. The number of carbonyl (C=O) groups excluding carboxylic acids is 1. The number of nitrogens with one attached hydrogen (secondary N) is 2. The Hall–Kier alpha value is -2.12. The molecule has 2 aromatic heterocycles. The highest BCUT2D eigenvalue weighted by atomic mass is 32.2. The smallest absolute Gasteiger partial charge is 0.260 e. The molecule has 1 unspecified atom stereocenters. The number of aromatic nitrogens is 2. The van der Waals surface area contributed by atoms with Gasteiger partial charge in [0, 0.05) is 17.5 Å². The number of thiophene rings is 1. The van der Waals surface area contributed by atoms with E-state index in [0.29, 0.717) is 17.0 Å². The number of amides is 1. The van der Waals surface area contributed by atoms with Crippen molar-refractivity contribution in [1.82, 2.24) is 15.3 Å². The molecule has 3 rings (SSSR count). The number of hydrogen-bond acceptors (Lipinski definition) is 5. The summed E-state index contributed by atoms with van der Waals surface area (Å²) in [5.41, 5.74) is 1.79. The van der Waals surface area contributed by atoms with Gasteiger partial charge in [0.1, 0.15) is 10.7 Å². The van der Waals surface area contributed by atoms with Gasteiger partial charge in [-0.15, -0.1) is 23.1 Å². The van der Waals surface area contributed by atoms with E-state index in [1.54, 1.807) is 0 Å². The van der Waals surface area contributed by atoms with E-state index in [-0.39, 0.29) is 16.7 Å². The molecule has 0 aliphatic heterocycles. The van der Waals surface area contributed by atoms with Crippen LogP contribution in [-0.4, -0.2) is 27.7 Å². The first-order valence-corrected chi connectivity index (χ1v) is 11.5. The molecule has 2 N–H and O–H groups in total. The summed E-state index contributed by atoms with van der Waals surface area (Å²) >= 11 is 2.96. The van der Waals surface area contributed by atoms with Gasteiger partial charge >= 0.3 is 0 Å². The van der Waals surface area contributed by atoms with Gasteiger partial charge in [-0.2, -0.15) is 0 Å². The van der Waals surface area contributed by atoms with Crippen molar-refractivity contribution in [3.63, 3.8) is 0 Å². The number of hydrogen-bond donors (Lipinski definition) is 2. The van der Waals surface area contributed by atoms with Crippen LogP contribution in [0, 0.1) is 0 Å². The number of aromatic amines is 1. The molecule has 2 heterocycles. The average molecular weight is 416 g/mol. The highest BCUT2D eigenvalue weighted by molar-refractivity contribution is 7.99. The lowest BCUT2D eigenvalue weighted by Crippen LogP contribution is -2.31.